The van der Waals surface area contributed by atoms with Crippen molar-refractivity contribution in [3.63, 3.8) is 0 Å². The Labute approximate surface area is 129 Å². The summed E-state index contributed by atoms with van der Waals surface area (Å²) in [6.07, 6.45) is 1.76. The predicted molar refractivity (Wildman–Crippen MR) is 83.8 cm³/mol. The lowest BCUT2D eigenvalue weighted by molar-refractivity contribution is 0.302. The van der Waals surface area contributed by atoms with E-state index in [1.807, 2.05) is 18.2 Å². The van der Waals surface area contributed by atoms with E-state index >= 15 is 0 Å². The maximum atomic E-state index is 12.1. The highest BCUT2D eigenvalue weighted by Crippen LogP contribution is 2.26. The zero-order valence-corrected chi connectivity index (χ0v) is 12.6. The van der Waals surface area contributed by atoms with Crippen LogP contribution in [0.2, 0.25) is 0 Å². The topological polar surface area (TPSA) is 49.6 Å². The van der Waals surface area contributed by atoms with Crippen LogP contribution < -0.4 is 10.9 Å². The lowest BCUT2D eigenvalue weighted by Gasteiger charge is -2.16. The third kappa shape index (κ3) is 2.69. The number of halogens is 1. The van der Waals surface area contributed by atoms with Gasteiger partial charge in [-0.1, -0.05) is 6.07 Å². The first kappa shape index (κ1) is 14.5. The molecule has 5 nitrogen and oxygen atoms in total. The molecule has 2 atom stereocenters. The Bertz CT molecular complexity index is 689. The lowest BCUT2D eigenvalue weighted by atomic mass is 10.0. The molecule has 21 heavy (non-hydrogen) atoms. The number of pyridine rings is 1. The smallest absolute Gasteiger partial charge is 0.258 e. The minimum absolute atomic E-state index is 0. The zero-order chi connectivity index (χ0) is 13.5. The molecule has 4 heterocycles. The molecule has 1 N–H and O–H groups in total. The van der Waals surface area contributed by atoms with Gasteiger partial charge in [0.05, 0.1) is 5.69 Å². The van der Waals surface area contributed by atoms with Crippen LogP contribution in [0.15, 0.2) is 35.3 Å². The van der Waals surface area contributed by atoms with E-state index in [1.54, 1.807) is 16.7 Å². The molecule has 0 spiro atoms. The number of hydrogen-bond acceptors (Lipinski definition) is 4. The molecule has 6 heteroatoms. The van der Waals surface area contributed by atoms with Crippen LogP contribution in [-0.4, -0.2) is 40.5 Å². The van der Waals surface area contributed by atoms with Crippen molar-refractivity contribution < 1.29 is 0 Å². The number of rotatable bonds is 2. The molecule has 2 aliphatic heterocycles. The van der Waals surface area contributed by atoms with Gasteiger partial charge in [0.15, 0.2) is 0 Å². The highest BCUT2D eigenvalue weighted by atomic mass is 35.5. The Hall–Kier alpha value is -1.43. The maximum absolute atomic E-state index is 12.1. The summed E-state index contributed by atoms with van der Waals surface area (Å²) >= 11 is 0. The van der Waals surface area contributed by atoms with E-state index < -0.39 is 0 Å². The van der Waals surface area contributed by atoms with Crippen LogP contribution in [0, 0.1) is 11.8 Å². The monoisotopic (exact) mass is 306 g/mol. The number of nitrogens with zero attached hydrogens (tertiary/aromatic N) is 3. The Kier molecular flexibility index (Phi) is 3.97. The molecule has 2 fully saturated rings. The van der Waals surface area contributed by atoms with Crippen molar-refractivity contribution in [2.75, 3.05) is 26.2 Å². The second-order valence-corrected chi connectivity index (χ2v) is 5.89. The third-order valence-corrected chi connectivity index (χ3v) is 4.47. The fourth-order valence-corrected chi connectivity index (χ4v) is 3.49. The Morgan fingerprint density at radius 2 is 2.00 bits per heavy atom. The summed E-state index contributed by atoms with van der Waals surface area (Å²) in [5, 5.41) is 3.45. The van der Waals surface area contributed by atoms with Gasteiger partial charge in [0.1, 0.15) is 5.65 Å². The summed E-state index contributed by atoms with van der Waals surface area (Å²) in [5.74, 6) is 1.55. The van der Waals surface area contributed by atoms with Gasteiger partial charge in [-0.05, 0) is 37.1 Å². The maximum Gasteiger partial charge on any atom is 0.258 e. The molecular formula is C15H19ClN4O. The van der Waals surface area contributed by atoms with E-state index in [0.29, 0.717) is 0 Å². The average molecular weight is 307 g/mol. The van der Waals surface area contributed by atoms with Gasteiger partial charge in [-0.25, -0.2) is 4.98 Å². The number of likely N-dealkylation sites (tertiary alicyclic amines) is 1. The summed E-state index contributed by atoms with van der Waals surface area (Å²) in [6.45, 7) is 5.29. The summed E-state index contributed by atoms with van der Waals surface area (Å²) in [6, 6.07) is 7.31. The summed E-state index contributed by atoms with van der Waals surface area (Å²) in [5.41, 5.74) is 1.62. The van der Waals surface area contributed by atoms with Crippen molar-refractivity contribution in [3.8, 4) is 0 Å². The Balaban J connectivity index is 0.00000132. The van der Waals surface area contributed by atoms with E-state index in [-0.39, 0.29) is 18.0 Å². The van der Waals surface area contributed by atoms with E-state index in [1.165, 1.54) is 0 Å². The number of hydrogen-bond donors (Lipinski definition) is 1. The second-order valence-electron chi connectivity index (χ2n) is 5.89. The average Bonchev–Trinajstić information content (AvgIpc) is 2.99. The van der Waals surface area contributed by atoms with E-state index in [2.05, 4.69) is 15.2 Å². The van der Waals surface area contributed by atoms with Crippen LogP contribution in [0.4, 0.5) is 0 Å². The van der Waals surface area contributed by atoms with Crippen LogP contribution >= 0.6 is 12.4 Å². The van der Waals surface area contributed by atoms with Crippen molar-refractivity contribution in [2.24, 2.45) is 11.8 Å². The van der Waals surface area contributed by atoms with E-state index in [0.717, 1.165) is 55.9 Å². The van der Waals surface area contributed by atoms with Gasteiger partial charge in [-0.2, -0.15) is 0 Å². The first-order chi connectivity index (χ1) is 9.79. The first-order valence-electron chi connectivity index (χ1n) is 7.20. The largest absolute Gasteiger partial charge is 0.316 e. The quantitative estimate of drug-likeness (QED) is 0.890. The minimum Gasteiger partial charge on any atom is -0.316 e. The number of nitrogens with one attached hydrogen (secondary N) is 1. The van der Waals surface area contributed by atoms with Crippen LogP contribution in [0.3, 0.4) is 0 Å². The Morgan fingerprint density at radius 3 is 2.76 bits per heavy atom. The molecule has 0 aromatic carbocycles. The van der Waals surface area contributed by atoms with Gasteiger partial charge in [0.2, 0.25) is 0 Å². The van der Waals surface area contributed by atoms with Crippen LogP contribution in [-0.2, 0) is 6.54 Å². The fourth-order valence-electron chi connectivity index (χ4n) is 3.49. The van der Waals surface area contributed by atoms with E-state index in [9.17, 15) is 4.79 Å². The molecule has 2 aromatic rings. The zero-order valence-electron chi connectivity index (χ0n) is 11.7. The molecular weight excluding hydrogens is 288 g/mol. The summed E-state index contributed by atoms with van der Waals surface area (Å²) < 4.78 is 1.59. The van der Waals surface area contributed by atoms with Gasteiger partial charge in [-0.3, -0.25) is 14.1 Å². The van der Waals surface area contributed by atoms with Gasteiger partial charge in [0.25, 0.3) is 5.56 Å². The SMILES string of the molecule is Cl.O=c1cc(CN2C[C@H]3CNC[C@H]3C2)nc2ccccn12. The van der Waals surface area contributed by atoms with Crippen molar-refractivity contribution in [1.29, 1.82) is 0 Å². The highest BCUT2D eigenvalue weighted by molar-refractivity contribution is 5.85. The van der Waals surface area contributed by atoms with Crippen LogP contribution in [0.25, 0.3) is 5.65 Å². The predicted octanol–water partition coefficient (Wildman–Crippen LogP) is 0.767. The molecule has 0 radical (unpaired) electrons. The molecule has 0 aliphatic carbocycles. The first-order valence-corrected chi connectivity index (χ1v) is 7.20. The Morgan fingerprint density at radius 1 is 1.24 bits per heavy atom. The standard InChI is InChI=1S/C15H18N4O.ClH/c20-15-5-13(17-14-3-1-2-4-19(14)15)10-18-8-11-6-16-7-12(11)9-18;/h1-5,11-12,16H,6-10H2;1H/t11-,12+;. The summed E-state index contributed by atoms with van der Waals surface area (Å²) in [7, 11) is 0. The van der Waals surface area contributed by atoms with Crippen molar-refractivity contribution in [1.82, 2.24) is 19.6 Å². The molecule has 0 saturated carbocycles. The molecule has 112 valence electrons. The molecule has 2 aromatic heterocycles. The van der Waals surface area contributed by atoms with Crippen molar-refractivity contribution >= 4 is 18.1 Å². The number of aromatic nitrogens is 2. The van der Waals surface area contributed by atoms with Gasteiger partial charge in [0, 0.05) is 31.9 Å². The van der Waals surface area contributed by atoms with Crippen molar-refractivity contribution in [3.05, 3.63) is 46.5 Å². The van der Waals surface area contributed by atoms with E-state index in [4.69, 9.17) is 0 Å². The second kappa shape index (κ2) is 5.75. The number of fused-ring (bicyclic) bond motifs is 2. The normalized spacial score (nSPS) is 25.0. The highest BCUT2D eigenvalue weighted by Gasteiger charge is 2.35. The molecule has 4 rings (SSSR count). The molecule has 2 aliphatic rings. The molecule has 2 saturated heterocycles. The molecule has 0 bridgehead atoms. The van der Waals surface area contributed by atoms with Crippen molar-refractivity contribution in [2.45, 2.75) is 6.54 Å². The van der Waals surface area contributed by atoms with Crippen LogP contribution in [0.5, 0.6) is 0 Å². The van der Waals surface area contributed by atoms with Gasteiger partial charge < -0.3 is 5.32 Å². The third-order valence-electron chi connectivity index (χ3n) is 4.47. The summed E-state index contributed by atoms with van der Waals surface area (Å²) in [4.78, 5) is 19.1. The molecule has 0 unspecified atom stereocenters. The fraction of sp³-hybridized carbons (Fsp3) is 0.467. The lowest BCUT2D eigenvalue weighted by Crippen LogP contribution is -2.27. The molecule has 0 amide bonds. The van der Waals surface area contributed by atoms with Crippen LogP contribution in [0.1, 0.15) is 5.69 Å². The van der Waals surface area contributed by atoms with Gasteiger partial charge in [-0.15, -0.1) is 12.4 Å². The minimum atomic E-state index is 0. The van der Waals surface area contributed by atoms with Gasteiger partial charge >= 0.3 is 0 Å².